The molecular formula is C15H22N2O. The Morgan fingerprint density at radius 2 is 2.22 bits per heavy atom. The molecule has 1 heterocycles. The molecule has 0 bridgehead atoms. The first kappa shape index (κ1) is 13.1. The number of para-hydroxylation sites is 1. The molecule has 0 saturated carbocycles. The Hall–Kier alpha value is -1.35. The average Bonchev–Trinajstić information content (AvgIpc) is 2.71. The molecule has 0 radical (unpaired) electrons. The number of nitrogens with zero attached hydrogens (tertiary/aromatic N) is 1. The van der Waals surface area contributed by atoms with Gasteiger partial charge in [-0.3, -0.25) is 4.79 Å². The fourth-order valence-corrected chi connectivity index (χ4v) is 2.44. The third-order valence-corrected chi connectivity index (χ3v) is 3.69. The van der Waals surface area contributed by atoms with E-state index in [1.165, 1.54) is 5.56 Å². The van der Waals surface area contributed by atoms with Crippen molar-refractivity contribution in [3.63, 3.8) is 0 Å². The highest BCUT2D eigenvalue weighted by molar-refractivity contribution is 5.97. The van der Waals surface area contributed by atoms with Gasteiger partial charge in [0.25, 0.3) is 0 Å². The second-order valence-corrected chi connectivity index (χ2v) is 5.14. The molecule has 0 spiro atoms. The van der Waals surface area contributed by atoms with Gasteiger partial charge in [0.1, 0.15) is 0 Å². The Labute approximate surface area is 109 Å². The van der Waals surface area contributed by atoms with Gasteiger partial charge in [0.15, 0.2) is 0 Å². The molecule has 1 aliphatic rings. The Morgan fingerprint density at radius 3 is 2.94 bits per heavy atom. The highest BCUT2D eigenvalue weighted by Gasteiger charge is 2.30. The van der Waals surface area contributed by atoms with Crippen molar-refractivity contribution in [1.82, 2.24) is 5.32 Å². The molecule has 3 nitrogen and oxygen atoms in total. The molecule has 3 heteroatoms. The van der Waals surface area contributed by atoms with E-state index in [-0.39, 0.29) is 11.9 Å². The maximum Gasteiger partial charge on any atom is 0.241 e. The molecule has 0 fully saturated rings. The van der Waals surface area contributed by atoms with E-state index >= 15 is 0 Å². The lowest BCUT2D eigenvalue weighted by atomic mass is 10.1. The molecule has 0 aromatic heterocycles. The van der Waals surface area contributed by atoms with E-state index in [2.05, 4.69) is 32.2 Å². The van der Waals surface area contributed by atoms with Crippen molar-refractivity contribution >= 4 is 11.6 Å². The van der Waals surface area contributed by atoms with E-state index in [0.29, 0.717) is 12.6 Å². The van der Waals surface area contributed by atoms with Gasteiger partial charge in [-0.05, 0) is 38.3 Å². The Bertz CT molecular complexity index is 430. The smallest absolute Gasteiger partial charge is 0.241 e. The lowest BCUT2D eigenvalue weighted by Crippen LogP contribution is -2.43. The van der Waals surface area contributed by atoms with Gasteiger partial charge in [0.05, 0.1) is 6.54 Å². The number of nitrogens with one attached hydrogen (secondary N) is 1. The van der Waals surface area contributed by atoms with Crippen molar-refractivity contribution in [3.05, 3.63) is 29.8 Å². The molecule has 1 aromatic carbocycles. The van der Waals surface area contributed by atoms with Crippen LogP contribution in [0.2, 0.25) is 0 Å². The summed E-state index contributed by atoms with van der Waals surface area (Å²) in [5.41, 5.74) is 2.36. The van der Waals surface area contributed by atoms with Gasteiger partial charge >= 0.3 is 0 Å². The van der Waals surface area contributed by atoms with Crippen LogP contribution in [0.3, 0.4) is 0 Å². The molecule has 2 rings (SSSR count). The monoisotopic (exact) mass is 246 g/mol. The number of hydrogen-bond acceptors (Lipinski definition) is 2. The third-order valence-electron chi connectivity index (χ3n) is 3.69. The van der Waals surface area contributed by atoms with Crippen LogP contribution in [0.15, 0.2) is 24.3 Å². The molecule has 1 N–H and O–H groups in total. The predicted molar refractivity (Wildman–Crippen MR) is 74.8 cm³/mol. The van der Waals surface area contributed by atoms with Gasteiger partial charge in [-0.25, -0.2) is 0 Å². The minimum Gasteiger partial charge on any atom is -0.308 e. The molecule has 2 atom stereocenters. The zero-order valence-corrected chi connectivity index (χ0v) is 11.4. The first-order chi connectivity index (χ1) is 8.63. The van der Waals surface area contributed by atoms with Crippen LogP contribution in [0.4, 0.5) is 5.69 Å². The zero-order valence-electron chi connectivity index (χ0n) is 11.4. The third kappa shape index (κ3) is 2.56. The van der Waals surface area contributed by atoms with Crippen molar-refractivity contribution in [1.29, 1.82) is 0 Å². The summed E-state index contributed by atoms with van der Waals surface area (Å²) >= 11 is 0. The summed E-state index contributed by atoms with van der Waals surface area (Å²) in [5.74, 6) is 0.174. The molecule has 1 aliphatic heterocycles. The Balaban J connectivity index is 2.06. The lowest BCUT2D eigenvalue weighted by Gasteiger charge is -2.23. The second kappa shape index (κ2) is 5.53. The van der Waals surface area contributed by atoms with Crippen LogP contribution >= 0.6 is 0 Å². The molecule has 98 valence electrons. The van der Waals surface area contributed by atoms with Gasteiger partial charge in [-0.2, -0.15) is 0 Å². The number of carbonyl (C=O) groups is 1. The minimum absolute atomic E-state index is 0.174. The number of amides is 1. The van der Waals surface area contributed by atoms with Gasteiger partial charge in [0, 0.05) is 17.8 Å². The number of benzene rings is 1. The van der Waals surface area contributed by atoms with Crippen LogP contribution in [0.1, 0.15) is 32.8 Å². The molecular weight excluding hydrogens is 224 g/mol. The van der Waals surface area contributed by atoms with Crippen molar-refractivity contribution in [2.75, 3.05) is 11.4 Å². The highest BCUT2D eigenvalue weighted by atomic mass is 16.2. The predicted octanol–water partition coefficient (Wildman–Crippen LogP) is 2.35. The summed E-state index contributed by atoms with van der Waals surface area (Å²) in [5, 5.41) is 3.27. The molecule has 18 heavy (non-hydrogen) atoms. The number of carbonyl (C=O) groups excluding carboxylic acids is 1. The van der Waals surface area contributed by atoms with Crippen molar-refractivity contribution in [2.45, 2.75) is 45.7 Å². The topological polar surface area (TPSA) is 32.3 Å². The SMILES string of the molecule is CCC(C)NCC(=O)N1c2ccccc2CC1C. The number of rotatable bonds is 4. The normalized spacial score (nSPS) is 19.7. The second-order valence-electron chi connectivity index (χ2n) is 5.14. The fourth-order valence-electron chi connectivity index (χ4n) is 2.44. The average molecular weight is 246 g/mol. The summed E-state index contributed by atoms with van der Waals surface area (Å²) in [4.78, 5) is 14.2. The maximum absolute atomic E-state index is 12.3. The molecule has 1 aromatic rings. The lowest BCUT2D eigenvalue weighted by molar-refractivity contribution is -0.118. The fraction of sp³-hybridized carbons (Fsp3) is 0.533. The summed E-state index contributed by atoms with van der Waals surface area (Å²) in [7, 11) is 0. The van der Waals surface area contributed by atoms with Crippen molar-refractivity contribution in [2.24, 2.45) is 0 Å². The first-order valence-electron chi connectivity index (χ1n) is 6.76. The molecule has 0 aliphatic carbocycles. The van der Waals surface area contributed by atoms with Gasteiger partial charge in [-0.15, -0.1) is 0 Å². The number of hydrogen-bond donors (Lipinski definition) is 1. The van der Waals surface area contributed by atoms with Crippen LogP contribution in [0.5, 0.6) is 0 Å². The standard InChI is InChI=1S/C15H22N2O/c1-4-11(2)16-10-15(18)17-12(3)9-13-7-5-6-8-14(13)17/h5-8,11-12,16H,4,9-10H2,1-3H3. The minimum atomic E-state index is 0.174. The van der Waals surface area contributed by atoms with E-state index in [4.69, 9.17) is 0 Å². The van der Waals surface area contributed by atoms with Crippen LogP contribution in [0, 0.1) is 0 Å². The van der Waals surface area contributed by atoms with E-state index < -0.39 is 0 Å². The summed E-state index contributed by atoms with van der Waals surface area (Å²) < 4.78 is 0. The first-order valence-corrected chi connectivity index (χ1v) is 6.76. The number of anilines is 1. The van der Waals surface area contributed by atoms with E-state index in [1.54, 1.807) is 0 Å². The molecule has 2 unspecified atom stereocenters. The van der Waals surface area contributed by atoms with Gasteiger partial charge in [0.2, 0.25) is 5.91 Å². The highest BCUT2D eigenvalue weighted by Crippen LogP contribution is 2.31. The molecule has 0 saturated heterocycles. The van der Waals surface area contributed by atoms with E-state index in [9.17, 15) is 4.79 Å². The summed E-state index contributed by atoms with van der Waals surface area (Å²) in [6.07, 6.45) is 2.00. The number of fused-ring (bicyclic) bond motifs is 1. The largest absolute Gasteiger partial charge is 0.308 e. The Morgan fingerprint density at radius 1 is 1.50 bits per heavy atom. The maximum atomic E-state index is 12.3. The van der Waals surface area contributed by atoms with Crippen molar-refractivity contribution < 1.29 is 4.79 Å². The van der Waals surface area contributed by atoms with Gasteiger partial charge < -0.3 is 10.2 Å². The van der Waals surface area contributed by atoms with E-state index in [0.717, 1.165) is 18.5 Å². The van der Waals surface area contributed by atoms with Crippen LogP contribution < -0.4 is 10.2 Å². The van der Waals surface area contributed by atoms with Crippen LogP contribution in [-0.4, -0.2) is 24.5 Å². The van der Waals surface area contributed by atoms with Crippen LogP contribution in [-0.2, 0) is 11.2 Å². The molecule has 1 amide bonds. The Kier molecular flexibility index (Phi) is 4.02. The van der Waals surface area contributed by atoms with E-state index in [1.807, 2.05) is 23.1 Å². The summed E-state index contributed by atoms with van der Waals surface area (Å²) in [6, 6.07) is 8.85. The van der Waals surface area contributed by atoms with Crippen LogP contribution in [0.25, 0.3) is 0 Å². The quantitative estimate of drug-likeness (QED) is 0.884. The summed E-state index contributed by atoms with van der Waals surface area (Å²) in [6.45, 7) is 6.76. The zero-order chi connectivity index (χ0) is 13.1. The van der Waals surface area contributed by atoms with Crippen molar-refractivity contribution in [3.8, 4) is 0 Å². The van der Waals surface area contributed by atoms with Gasteiger partial charge in [-0.1, -0.05) is 25.1 Å².